The number of thiophene rings is 1. The van der Waals surface area contributed by atoms with Crippen molar-refractivity contribution >= 4 is 23.2 Å². The zero-order chi connectivity index (χ0) is 13.1. The molecule has 2 aromatic rings. The summed E-state index contributed by atoms with van der Waals surface area (Å²) < 4.78 is 5.24. The molecule has 2 rings (SSSR count). The van der Waals surface area contributed by atoms with E-state index in [1.807, 2.05) is 0 Å². The average Bonchev–Trinajstić information content (AvgIpc) is 2.95. The topological polar surface area (TPSA) is 71.3 Å². The number of carbonyl (C=O) groups excluding carboxylic acids is 2. The van der Waals surface area contributed by atoms with Gasteiger partial charge in [0.25, 0.3) is 11.8 Å². The number of carbonyl (C=O) groups is 2. The van der Waals surface area contributed by atoms with Crippen LogP contribution in [0.25, 0.3) is 0 Å². The summed E-state index contributed by atoms with van der Waals surface area (Å²) in [7, 11) is 0. The lowest BCUT2D eigenvalue weighted by atomic mass is 10.2. The summed E-state index contributed by atoms with van der Waals surface area (Å²) >= 11 is 1.42. The van der Waals surface area contributed by atoms with Crippen molar-refractivity contribution in [3.8, 4) is 0 Å². The van der Waals surface area contributed by atoms with Crippen LogP contribution in [0.3, 0.4) is 0 Å². The van der Waals surface area contributed by atoms with E-state index in [0.29, 0.717) is 22.6 Å². The number of hydrogen-bond acceptors (Lipinski definition) is 4. The SMILES string of the molecule is Cc1cc(C(=O)NNC(=O)c2ccsc2)c(C)o1. The molecular weight excluding hydrogens is 252 g/mol. The summed E-state index contributed by atoms with van der Waals surface area (Å²) in [6, 6.07) is 3.31. The number of amides is 2. The molecule has 0 aliphatic carbocycles. The standard InChI is InChI=1S/C12H12N2O3S/c1-7-5-10(8(2)17-7)12(16)14-13-11(15)9-3-4-18-6-9/h3-6H,1-2H3,(H,13,15)(H,14,16). The van der Waals surface area contributed by atoms with Gasteiger partial charge >= 0.3 is 0 Å². The number of hydrogen-bond donors (Lipinski definition) is 2. The number of hydrazine groups is 1. The highest BCUT2D eigenvalue weighted by Gasteiger charge is 2.14. The third-order valence-corrected chi connectivity index (χ3v) is 3.04. The molecule has 0 spiro atoms. The summed E-state index contributed by atoms with van der Waals surface area (Å²) in [5.74, 6) is 0.437. The van der Waals surface area contributed by atoms with Gasteiger partial charge in [-0.15, -0.1) is 0 Å². The number of nitrogens with one attached hydrogen (secondary N) is 2. The predicted molar refractivity (Wildman–Crippen MR) is 67.4 cm³/mol. The molecule has 0 unspecified atom stereocenters. The number of rotatable bonds is 2. The Morgan fingerprint density at radius 1 is 1.22 bits per heavy atom. The summed E-state index contributed by atoms with van der Waals surface area (Å²) in [4.78, 5) is 23.4. The van der Waals surface area contributed by atoms with E-state index in [1.54, 1.807) is 36.7 Å². The van der Waals surface area contributed by atoms with Crippen molar-refractivity contribution in [3.05, 3.63) is 45.5 Å². The van der Waals surface area contributed by atoms with Crippen LogP contribution in [-0.2, 0) is 0 Å². The maximum atomic E-state index is 11.8. The van der Waals surface area contributed by atoms with E-state index >= 15 is 0 Å². The van der Waals surface area contributed by atoms with Crippen LogP contribution in [0.2, 0.25) is 0 Å². The molecule has 0 saturated heterocycles. The Morgan fingerprint density at radius 3 is 2.50 bits per heavy atom. The van der Waals surface area contributed by atoms with Crippen LogP contribution in [0, 0.1) is 13.8 Å². The lowest BCUT2D eigenvalue weighted by molar-refractivity contribution is 0.0846. The predicted octanol–water partition coefficient (Wildman–Crippen LogP) is 2.03. The first-order valence-corrected chi connectivity index (χ1v) is 6.22. The molecule has 2 N–H and O–H groups in total. The monoisotopic (exact) mass is 264 g/mol. The summed E-state index contributed by atoms with van der Waals surface area (Å²) in [5.41, 5.74) is 5.62. The van der Waals surface area contributed by atoms with Crippen LogP contribution in [0.1, 0.15) is 32.2 Å². The van der Waals surface area contributed by atoms with Crippen molar-refractivity contribution in [2.24, 2.45) is 0 Å². The fourth-order valence-corrected chi connectivity index (χ4v) is 2.14. The van der Waals surface area contributed by atoms with E-state index in [0.717, 1.165) is 0 Å². The third-order valence-electron chi connectivity index (χ3n) is 2.36. The van der Waals surface area contributed by atoms with Crippen LogP contribution >= 0.6 is 11.3 Å². The van der Waals surface area contributed by atoms with Gasteiger partial charge in [-0.1, -0.05) is 0 Å². The van der Waals surface area contributed by atoms with Crippen molar-refractivity contribution in [2.75, 3.05) is 0 Å². The Bertz CT molecular complexity index is 572. The van der Waals surface area contributed by atoms with Gasteiger partial charge in [0.2, 0.25) is 0 Å². The van der Waals surface area contributed by atoms with Gasteiger partial charge in [0.15, 0.2) is 0 Å². The Morgan fingerprint density at radius 2 is 1.94 bits per heavy atom. The minimum absolute atomic E-state index is 0.345. The molecule has 0 bridgehead atoms. The van der Waals surface area contributed by atoms with Crippen LogP contribution < -0.4 is 10.9 Å². The maximum absolute atomic E-state index is 11.8. The van der Waals surface area contributed by atoms with Gasteiger partial charge in [-0.05, 0) is 31.4 Å². The Kier molecular flexibility index (Phi) is 3.47. The molecule has 0 aromatic carbocycles. The second kappa shape index (κ2) is 5.05. The summed E-state index contributed by atoms with van der Waals surface area (Å²) in [5, 5.41) is 3.50. The van der Waals surface area contributed by atoms with Gasteiger partial charge in [-0.2, -0.15) is 11.3 Å². The van der Waals surface area contributed by atoms with E-state index in [2.05, 4.69) is 10.9 Å². The molecule has 6 heteroatoms. The van der Waals surface area contributed by atoms with Crippen LogP contribution in [-0.4, -0.2) is 11.8 Å². The fraction of sp³-hybridized carbons (Fsp3) is 0.167. The zero-order valence-corrected chi connectivity index (χ0v) is 10.8. The Labute approximate surface area is 108 Å². The zero-order valence-electron chi connectivity index (χ0n) is 9.94. The highest BCUT2D eigenvalue weighted by molar-refractivity contribution is 7.08. The lowest BCUT2D eigenvalue weighted by Gasteiger charge is -2.05. The van der Waals surface area contributed by atoms with Crippen LogP contribution in [0.15, 0.2) is 27.3 Å². The largest absolute Gasteiger partial charge is 0.466 e. The second-order valence-corrected chi connectivity index (χ2v) is 4.53. The fourth-order valence-electron chi connectivity index (χ4n) is 1.50. The van der Waals surface area contributed by atoms with E-state index in [-0.39, 0.29) is 5.91 Å². The van der Waals surface area contributed by atoms with Gasteiger partial charge in [0, 0.05) is 5.38 Å². The third kappa shape index (κ3) is 2.60. The van der Waals surface area contributed by atoms with Crippen molar-refractivity contribution in [2.45, 2.75) is 13.8 Å². The van der Waals surface area contributed by atoms with E-state index in [4.69, 9.17) is 4.42 Å². The van der Waals surface area contributed by atoms with Gasteiger partial charge in [0.05, 0.1) is 11.1 Å². The molecule has 2 aromatic heterocycles. The van der Waals surface area contributed by atoms with Crippen molar-refractivity contribution in [1.82, 2.24) is 10.9 Å². The summed E-state index contributed by atoms with van der Waals surface area (Å²) in [6.07, 6.45) is 0. The van der Waals surface area contributed by atoms with E-state index in [9.17, 15) is 9.59 Å². The molecule has 5 nitrogen and oxygen atoms in total. The Hall–Kier alpha value is -2.08. The molecular formula is C12H12N2O3S. The van der Waals surface area contributed by atoms with Crippen molar-refractivity contribution in [1.29, 1.82) is 0 Å². The maximum Gasteiger partial charge on any atom is 0.273 e. The highest BCUT2D eigenvalue weighted by atomic mass is 32.1. The van der Waals surface area contributed by atoms with Crippen LogP contribution in [0.5, 0.6) is 0 Å². The first-order chi connectivity index (χ1) is 8.58. The molecule has 0 atom stereocenters. The molecule has 0 aliphatic rings. The minimum Gasteiger partial charge on any atom is -0.466 e. The van der Waals surface area contributed by atoms with Crippen LogP contribution in [0.4, 0.5) is 0 Å². The number of aryl methyl sites for hydroxylation is 2. The Balaban J connectivity index is 1.97. The summed E-state index contributed by atoms with van der Waals surface area (Å²) in [6.45, 7) is 3.45. The molecule has 0 radical (unpaired) electrons. The molecule has 0 fully saturated rings. The van der Waals surface area contributed by atoms with Gasteiger partial charge in [0.1, 0.15) is 11.5 Å². The van der Waals surface area contributed by atoms with E-state index < -0.39 is 5.91 Å². The normalized spacial score (nSPS) is 10.1. The lowest BCUT2D eigenvalue weighted by Crippen LogP contribution is -2.41. The average molecular weight is 264 g/mol. The quantitative estimate of drug-likeness (QED) is 0.815. The second-order valence-electron chi connectivity index (χ2n) is 3.75. The smallest absolute Gasteiger partial charge is 0.273 e. The molecule has 0 aliphatic heterocycles. The molecule has 2 heterocycles. The van der Waals surface area contributed by atoms with Gasteiger partial charge in [-0.25, -0.2) is 0 Å². The van der Waals surface area contributed by atoms with Crippen molar-refractivity contribution in [3.63, 3.8) is 0 Å². The molecule has 94 valence electrons. The van der Waals surface area contributed by atoms with Gasteiger partial charge < -0.3 is 4.42 Å². The number of furan rings is 1. The molecule has 0 saturated carbocycles. The first kappa shape index (κ1) is 12.4. The molecule has 18 heavy (non-hydrogen) atoms. The highest BCUT2D eigenvalue weighted by Crippen LogP contribution is 2.13. The van der Waals surface area contributed by atoms with Crippen molar-refractivity contribution < 1.29 is 14.0 Å². The first-order valence-electron chi connectivity index (χ1n) is 5.28. The van der Waals surface area contributed by atoms with Gasteiger partial charge in [-0.3, -0.25) is 20.4 Å². The molecule has 2 amide bonds. The van der Waals surface area contributed by atoms with E-state index in [1.165, 1.54) is 11.3 Å². The minimum atomic E-state index is -0.395.